The van der Waals surface area contributed by atoms with Gasteiger partial charge in [0.1, 0.15) is 5.82 Å². The van der Waals surface area contributed by atoms with Gasteiger partial charge in [-0.3, -0.25) is 5.43 Å². The standard InChI is InChI=1S/C9H9BrFN3S/c10-4-6-2-1-3-7(8(6)11)5-13-14-9(12)15/h1-3,5H,4H2,(H3,12,14,15). The molecule has 0 fully saturated rings. The SMILES string of the molecule is NC(=S)NN=Cc1cccc(CBr)c1F. The number of thiocarbonyl (C=S) groups is 1. The van der Waals surface area contributed by atoms with Crippen molar-refractivity contribution in [2.24, 2.45) is 10.8 Å². The summed E-state index contributed by atoms with van der Waals surface area (Å²) < 4.78 is 13.6. The van der Waals surface area contributed by atoms with Gasteiger partial charge >= 0.3 is 0 Å². The van der Waals surface area contributed by atoms with E-state index in [2.05, 4.69) is 38.7 Å². The van der Waals surface area contributed by atoms with Crippen LogP contribution in [0.25, 0.3) is 0 Å². The molecule has 0 radical (unpaired) electrons. The van der Waals surface area contributed by atoms with E-state index >= 15 is 0 Å². The minimum absolute atomic E-state index is 0.0447. The Bertz CT molecular complexity index is 395. The molecule has 0 aliphatic carbocycles. The number of nitrogens with zero attached hydrogens (tertiary/aromatic N) is 1. The Kier molecular flexibility index (Phi) is 4.64. The summed E-state index contributed by atoms with van der Waals surface area (Å²) in [4.78, 5) is 0. The quantitative estimate of drug-likeness (QED) is 0.387. The fourth-order valence-corrected chi connectivity index (χ4v) is 1.45. The molecule has 15 heavy (non-hydrogen) atoms. The molecule has 3 N–H and O–H groups in total. The van der Waals surface area contributed by atoms with Crippen LogP contribution in [-0.4, -0.2) is 11.3 Å². The maximum Gasteiger partial charge on any atom is 0.184 e. The molecule has 0 amide bonds. The summed E-state index contributed by atoms with van der Waals surface area (Å²) in [5.41, 5.74) is 8.48. The van der Waals surface area contributed by atoms with Crippen LogP contribution in [0.15, 0.2) is 23.3 Å². The Morgan fingerprint density at radius 2 is 2.40 bits per heavy atom. The summed E-state index contributed by atoms with van der Waals surface area (Å²) >= 11 is 7.74. The highest BCUT2D eigenvalue weighted by molar-refractivity contribution is 9.08. The van der Waals surface area contributed by atoms with E-state index in [9.17, 15) is 4.39 Å². The molecule has 1 aromatic rings. The van der Waals surface area contributed by atoms with Crippen molar-refractivity contribution in [2.75, 3.05) is 0 Å². The van der Waals surface area contributed by atoms with Gasteiger partial charge in [0.05, 0.1) is 6.21 Å². The predicted octanol–water partition coefficient (Wildman–Crippen LogP) is 1.89. The van der Waals surface area contributed by atoms with E-state index in [1.807, 2.05) is 0 Å². The predicted molar refractivity (Wildman–Crippen MR) is 66.5 cm³/mol. The van der Waals surface area contributed by atoms with Gasteiger partial charge in [-0.1, -0.05) is 34.1 Å². The van der Waals surface area contributed by atoms with Crippen LogP contribution in [0, 0.1) is 5.82 Å². The number of alkyl halides is 1. The summed E-state index contributed by atoms with van der Waals surface area (Å²) in [6.07, 6.45) is 1.33. The van der Waals surface area contributed by atoms with Gasteiger partial charge in [-0.05, 0) is 17.8 Å². The first-order valence-corrected chi connectivity index (χ1v) is 5.60. The summed E-state index contributed by atoms with van der Waals surface area (Å²) in [6, 6.07) is 5.07. The second kappa shape index (κ2) is 5.77. The van der Waals surface area contributed by atoms with Gasteiger partial charge in [0, 0.05) is 10.9 Å². The first-order chi connectivity index (χ1) is 7.15. The number of hydrogen-bond donors (Lipinski definition) is 2. The molecule has 0 saturated carbocycles. The van der Waals surface area contributed by atoms with Crippen molar-refractivity contribution in [3.8, 4) is 0 Å². The number of hydrogen-bond acceptors (Lipinski definition) is 2. The average molecular weight is 290 g/mol. The van der Waals surface area contributed by atoms with Gasteiger partial charge in [0.2, 0.25) is 0 Å². The van der Waals surface area contributed by atoms with Crippen molar-refractivity contribution in [3.05, 3.63) is 35.1 Å². The number of nitrogens with one attached hydrogen (secondary N) is 1. The van der Waals surface area contributed by atoms with Crippen LogP contribution in [0.2, 0.25) is 0 Å². The van der Waals surface area contributed by atoms with Crippen LogP contribution < -0.4 is 11.2 Å². The largest absolute Gasteiger partial charge is 0.375 e. The van der Waals surface area contributed by atoms with Crippen molar-refractivity contribution >= 4 is 39.5 Å². The van der Waals surface area contributed by atoms with Crippen LogP contribution in [0.1, 0.15) is 11.1 Å². The van der Waals surface area contributed by atoms with Crippen LogP contribution in [0.3, 0.4) is 0 Å². The van der Waals surface area contributed by atoms with E-state index in [-0.39, 0.29) is 10.9 Å². The van der Waals surface area contributed by atoms with Gasteiger partial charge in [-0.2, -0.15) is 5.10 Å². The highest BCUT2D eigenvalue weighted by Crippen LogP contribution is 2.13. The van der Waals surface area contributed by atoms with E-state index in [1.165, 1.54) is 6.21 Å². The van der Waals surface area contributed by atoms with Crippen molar-refractivity contribution in [3.63, 3.8) is 0 Å². The van der Waals surface area contributed by atoms with E-state index in [4.69, 9.17) is 5.73 Å². The summed E-state index contributed by atoms with van der Waals surface area (Å²) in [6.45, 7) is 0. The maximum absolute atomic E-state index is 13.6. The first kappa shape index (κ1) is 12.1. The fourth-order valence-electron chi connectivity index (χ4n) is 0.968. The molecule has 0 aromatic heterocycles. The molecule has 0 atom stereocenters. The zero-order valence-corrected chi connectivity index (χ0v) is 10.1. The molecule has 0 bridgehead atoms. The average Bonchev–Trinajstić information content (AvgIpc) is 2.20. The third kappa shape index (κ3) is 3.56. The number of benzene rings is 1. The van der Waals surface area contributed by atoms with E-state index in [0.29, 0.717) is 16.5 Å². The summed E-state index contributed by atoms with van der Waals surface area (Å²) in [5.74, 6) is -0.303. The monoisotopic (exact) mass is 289 g/mol. The van der Waals surface area contributed by atoms with Gasteiger partial charge in [-0.25, -0.2) is 4.39 Å². The van der Waals surface area contributed by atoms with E-state index in [1.54, 1.807) is 18.2 Å². The molecule has 0 heterocycles. The molecule has 0 unspecified atom stereocenters. The zero-order valence-electron chi connectivity index (χ0n) is 7.71. The lowest BCUT2D eigenvalue weighted by molar-refractivity contribution is 0.615. The van der Waals surface area contributed by atoms with Gasteiger partial charge in [-0.15, -0.1) is 0 Å². The Hall–Kier alpha value is -1.01. The lowest BCUT2D eigenvalue weighted by Crippen LogP contribution is -2.24. The van der Waals surface area contributed by atoms with Gasteiger partial charge < -0.3 is 5.73 Å². The molecular formula is C9H9BrFN3S. The molecule has 0 aliphatic heterocycles. The minimum atomic E-state index is -0.303. The highest BCUT2D eigenvalue weighted by Gasteiger charge is 2.04. The zero-order chi connectivity index (χ0) is 11.3. The molecule has 3 nitrogen and oxygen atoms in total. The Labute approximate surface area is 101 Å². The van der Waals surface area contributed by atoms with Crippen LogP contribution in [-0.2, 0) is 5.33 Å². The van der Waals surface area contributed by atoms with Gasteiger partial charge in [0.15, 0.2) is 5.11 Å². The Morgan fingerprint density at radius 1 is 1.67 bits per heavy atom. The van der Waals surface area contributed by atoms with Crippen molar-refractivity contribution < 1.29 is 4.39 Å². The van der Waals surface area contributed by atoms with Crippen molar-refractivity contribution in [1.29, 1.82) is 0 Å². The van der Waals surface area contributed by atoms with E-state index < -0.39 is 0 Å². The molecule has 1 rings (SSSR count). The third-order valence-corrected chi connectivity index (χ3v) is 2.33. The number of nitrogens with two attached hydrogens (primary N) is 1. The number of rotatable bonds is 3. The molecule has 0 aliphatic rings. The number of halogens is 2. The molecule has 0 saturated heterocycles. The second-order valence-corrected chi connectivity index (χ2v) is 3.69. The Morgan fingerprint density at radius 3 is 3.00 bits per heavy atom. The highest BCUT2D eigenvalue weighted by atomic mass is 79.9. The second-order valence-electron chi connectivity index (χ2n) is 2.69. The fraction of sp³-hybridized carbons (Fsp3) is 0.111. The molecule has 6 heteroatoms. The van der Waals surface area contributed by atoms with Crippen molar-refractivity contribution in [2.45, 2.75) is 5.33 Å². The van der Waals surface area contributed by atoms with E-state index in [0.717, 1.165) is 0 Å². The smallest absolute Gasteiger partial charge is 0.184 e. The van der Waals surface area contributed by atoms with Gasteiger partial charge in [0.25, 0.3) is 0 Å². The topological polar surface area (TPSA) is 50.4 Å². The lowest BCUT2D eigenvalue weighted by atomic mass is 10.1. The normalized spacial score (nSPS) is 10.5. The number of hydrazone groups is 1. The molecule has 80 valence electrons. The molecule has 1 aromatic carbocycles. The van der Waals surface area contributed by atoms with Crippen molar-refractivity contribution in [1.82, 2.24) is 5.43 Å². The lowest BCUT2D eigenvalue weighted by Gasteiger charge is -2.01. The van der Waals surface area contributed by atoms with Crippen LogP contribution in [0.4, 0.5) is 4.39 Å². The van der Waals surface area contributed by atoms with Crippen LogP contribution >= 0.6 is 28.1 Å². The summed E-state index contributed by atoms with van der Waals surface area (Å²) in [5, 5.41) is 4.19. The minimum Gasteiger partial charge on any atom is -0.375 e. The molecular weight excluding hydrogens is 281 g/mol. The first-order valence-electron chi connectivity index (χ1n) is 4.07. The summed E-state index contributed by atoms with van der Waals surface area (Å²) in [7, 11) is 0. The molecule has 0 spiro atoms. The maximum atomic E-state index is 13.6. The Balaban J connectivity index is 2.85. The van der Waals surface area contributed by atoms with Crippen LogP contribution in [0.5, 0.6) is 0 Å². The third-order valence-electron chi connectivity index (χ3n) is 1.63.